The van der Waals surface area contributed by atoms with Gasteiger partial charge in [0.15, 0.2) is 16.4 Å². The number of ether oxygens (including phenoxy) is 1. The number of nitrogens with one attached hydrogen (secondary N) is 1. The summed E-state index contributed by atoms with van der Waals surface area (Å²) in [6.45, 7) is 5.87. The normalized spacial score (nSPS) is 11.7. The maximum Gasteiger partial charge on any atom is 0.338 e. The molecule has 0 saturated carbocycles. The summed E-state index contributed by atoms with van der Waals surface area (Å²) in [5.41, 5.74) is 2.46. The first-order valence-corrected chi connectivity index (χ1v) is 10.8. The number of carbonyl (C=O) groups excluding carboxylic acids is 2. The molecule has 0 heterocycles. The second kappa shape index (κ2) is 8.56. The maximum absolute atomic E-state index is 12.1. The van der Waals surface area contributed by atoms with Crippen LogP contribution in [-0.2, 0) is 30.5 Å². The van der Waals surface area contributed by atoms with Crippen molar-refractivity contribution in [3.8, 4) is 0 Å². The van der Waals surface area contributed by atoms with Gasteiger partial charge in [0, 0.05) is 11.9 Å². The number of benzene rings is 2. The first-order valence-electron chi connectivity index (χ1n) is 8.78. The molecule has 150 valence electrons. The standard InChI is InChI=1S/C21H25NO5S/c1-21(2,3)17-8-10-18(11-9-17)22-19(23)13-27-20(24)16-7-5-6-15(12-16)14-28(4,25)26/h5-12H,13-14H2,1-4H3,(H,22,23). The van der Waals surface area contributed by atoms with E-state index in [1.807, 2.05) is 12.1 Å². The minimum atomic E-state index is -3.21. The fourth-order valence-corrected chi connectivity index (χ4v) is 3.34. The zero-order valence-electron chi connectivity index (χ0n) is 16.5. The van der Waals surface area contributed by atoms with Crippen LogP contribution in [0.1, 0.15) is 42.3 Å². The number of hydrogen-bond acceptors (Lipinski definition) is 5. The average molecular weight is 404 g/mol. The van der Waals surface area contributed by atoms with Crippen LogP contribution in [0, 0.1) is 0 Å². The molecule has 7 heteroatoms. The molecule has 0 aliphatic heterocycles. The maximum atomic E-state index is 12.1. The van der Waals surface area contributed by atoms with Crippen molar-refractivity contribution in [2.24, 2.45) is 0 Å². The van der Waals surface area contributed by atoms with Crippen LogP contribution in [0.4, 0.5) is 5.69 Å². The molecule has 0 aliphatic rings. The van der Waals surface area contributed by atoms with E-state index in [2.05, 4.69) is 26.1 Å². The molecule has 0 radical (unpaired) electrons. The van der Waals surface area contributed by atoms with E-state index < -0.39 is 28.3 Å². The third-order valence-electron chi connectivity index (χ3n) is 3.96. The van der Waals surface area contributed by atoms with Gasteiger partial charge in [-0.25, -0.2) is 13.2 Å². The largest absolute Gasteiger partial charge is 0.452 e. The second-order valence-corrected chi connectivity index (χ2v) is 9.86. The summed E-state index contributed by atoms with van der Waals surface area (Å²) in [6.07, 6.45) is 1.12. The zero-order chi connectivity index (χ0) is 20.9. The van der Waals surface area contributed by atoms with Crippen molar-refractivity contribution in [3.05, 3.63) is 65.2 Å². The van der Waals surface area contributed by atoms with Crippen molar-refractivity contribution in [1.82, 2.24) is 0 Å². The van der Waals surface area contributed by atoms with Gasteiger partial charge in [-0.05, 0) is 40.8 Å². The van der Waals surface area contributed by atoms with E-state index in [4.69, 9.17) is 4.74 Å². The van der Waals surface area contributed by atoms with Crippen molar-refractivity contribution in [3.63, 3.8) is 0 Å². The number of hydrogen-bond donors (Lipinski definition) is 1. The van der Waals surface area contributed by atoms with E-state index in [1.165, 1.54) is 12.1 Å². The highest BCUT2D eigenvalue weighted by molar-refractivity contribution is 7.89. The lowest BCUT2D eigenvalue weighted by atomic mass is 9.87. The molecule has 0 atom stereocenters. The number of rotatable bonds is 6. The van der Waals surface area contributed by atoms with Crippen LogP contribution in [-0.4, -0.2) is 33.2 Å². The Morgan fingerprint density at radius 2 is 1.68 bits per heavy atom. The molecule has 2 rings (SSSR count). The fourth-order valence-electron chi connectivity index (χ4n) is 2.56. The van der Waals surface area contributed by atoms with Crippen LogP contribution in [0.3, 0.4) is 0 Å². The predicted octanol–water partition coefficient (Wildman–Crippen LogP) is 3.32. The molecule has 2 aromatic carbocycles. The Bertz CT molecular complexity index is 957. The van der Waals surface area contributed by atoms with Crippen molar-refractivity contribution < 1.29 is 22.7 Å². The van der Waals surface area contributed by atoms with Crippen molar-refractivity contribution in [1.29, 1.82) is 0 Å². The summed E-state index contributed by atoms with van der Waals surface area (Å²) in [5, 5.41) is 2.67. The fraction of sp³-hybridized carbons (Fsp3) is 0.333. The number of sulfone groups is 1. The first-order chi connectivity index (χ1) is 12.9. The van der Waals surface area contributed by atoms with E-state index >= 15 is 0 Å². The Balaban J connectivity index is 1.92. The van der Waals surface area contributed by atoms with Crippen molar-refractivity contribution in [2.75, 3.05) is 18.2 Å². The SMILES string of the molecule is CC(C)(C)c1ccc(NC(=O)COC(=O)c2cccc(CS(C)(=O)=O)c2)cc1. The van der Waals surface area contributed by atoms with E-state index in [-0.39, 0.29) is 16.7 Å². The summed E-state index contributed by atoms with van der Waals surface area (Å²) >= 11 is 0. The van der Waals surface area contributed by atoms with Crippen LogP contribution in [0.2, 0.25) is 0 Å². The Labute approximate surface area is 165 Å². The van der Waals surface area contributed by atoms with Gasteiger partial charge in [0.1, 0.15) is 0 Å². The number of amides is 1. The third kappa shape index (κ3) is 6.81. The van der Waals surface area contributed by atoms with Crippen LogP contribution in [0.25, 0.3) is 0 Å². The van der Waals surface area contributed by atoms with Crippen LogP contribution in [0.15, 0.2) is 48.5 Å². The molecule has 1 N–H and O–H groups in total. The summed E-state index contributed by atoms with van der Waals surface area (Å²) in [6, 6.07) is 13.6. The molecular weight excluding hydrogens is 378 g/mol. The summed E-state index contributed by atoms with van der Waals surface area (Å²) in [7, 11) is -3.21. The van der Waals surface area contributed by atoms with Gasteiger partial charge in [0.05, 0.1) is 11.3 Å². The van der Waals surface area contributed by atoms with Gasteiger partial charge in [0.2, 0.25) is 0 Å². The van der Waals surface area contributed by atoms with E-state index in [0.717, 1.165) is 11.8 Å². The van der Waals surface area contributed by atoms with E-state index in [1.54, 1.807) is 24.3 Å². The topological polar surface area (TPSA) is 89.5 Å². The summed E-state index contributed by atoms with van der Waals surface area (Å²) in [5.74, 6) is -1.31. The average Bonchev–Trinajstić information content (AvgIpc) is 2.58. The highest BCUT2D eigenvalue weighted by Crippen LogP contribution is 2.23. The second-order valence-electron chi connectivity index (χ2n) is 7.72. The van der Waals surface area contributed by atoms with Crippen LogP contribution < -0.4 is 5.32 Å². The Morgan fingerprint density at radius 3 is 2.25 bits per heavy atom. The molecule has 0 saturated heterocycles. The molecule has 1 amide bonds. The molecule has 0 fully saturated rings. The van der Waals surface area contributed by atoms with E-state index in [0.29, 0.717) is 11.3 Å². The number of carbonyl (C=O) groups is 2. The lowest BCUT2D eigenvalue weighted by molar-refractivity contribution is -0.119. The molecule has 6 nitrogen and oxygen atoms in total. The molecule has 0 aromatic heterocycles. The lowest BCUT2D eigenvalue weighted by Gasteiger charge is -2.19. The van der Waals surface area contributed by atoms with Crippen molar-refractivity contribution >= 4 is 27.4 Å². The number of anilines is 1. The molecular formula is C21H25NO5S. The van der Waals surface area contributed by atoms with Gasteiger partial charge in [0.25, 0.3) is 5.91 Å². The lowest BCUT2D eigenvalue weighted by Crippen LogP contribution is -2.21. The van der Waals surface area contributed by atoms with Gasteiger partial charge >= 0.3 is 5.97 Å². The van der Waals surface area contributed by atoms with Gasteiger partial charge < -0.3 is 10.1 Å². The monoisotopic (exact) mass is 403 g/mol. The molecule has 0 unspecified atom stereocenters. The molecule has 2 aromatic rings. The quantitative estimate of drug-likeness (QED) is 0.748. The van der Waals surface area contributed by atoms with Gasteiger partial charge in [-0.1, -0.05) is 45.0 Å². The van der Waals surface area contributed by atoms with Gasteiger partial charge in [-0.15, -0.1) is 0 Å². The van der Waals surface area contributed by atoms with Crippen LogP contribution in [0.5, 0.6) is 0 Å². The Hall–Kier alpha value is -2.67. The number of esters is 1. The minimum absolute atomic E-state index is 0.0176. The Morgan fingerprint density at radius 1 is 1.04 bits per heavy atom. The molecule has 0 spiro atoms. The zero-order valence-corrected chi connectivity index (χ0v) is 17.3. The highest BCUT2D eigenvalue weighted by Gasteiger charge is 2.14. The summed E-state index contributed by atoms with van der Waals surface area (Å²) in [4.78, 5) is 24.1. The molecule has 0 bridgehead atoms. The minimum Gasteiger partial charge on any atom is -0.452 e. The van der Waals surface area contributed by atoms with E-state index in [9.17, 15) is 18.0 Å². The third-order valence-corrected chi connectivity index (χ3v) is 4.82. The smallest absolute Gasteiger partial charge is 0.338 e. The highest BCUT2D eigenvalue weighted by atomic mass is 32.2. The molecule has 0 aliphatic carbocycles. The first kappa shape index (κ1) is 21.6. The summed E-state index contributed by atoms with van der Waals surface area (Å²) < 4.78 is 27.8. The molecule has 28 heavy (non-hydrogen) atoms. The van der Waals surface area contributed by atoms with Gasteiger partial charge in [-0.3, -0.25) is 4.79 Å². The van der Waals surface area contributed by atoms with Gasteiger partial charge in [-0.2, -0.15) is 0 Å². The van der Waals surface area contributed by atoms with Crippen LogP contribution >= 0.6 is 0 Å². The predicted molar refractivity (Wildman–Crippen MR) is 109 cm³/mol. The Kier molecular flexibility index (Phi) is 6.61. The van der Waals surface area contributed by atoms with Crippen molar-refractivity contribution in [2.45, 2.75) is 31.9 Å².